The highest BCUT2D eigenvalue weighted by Gasteiger charge is 2.26. The van der Waals surface area contributed by atoms with Crippen LogP contribution in [0.2, 0.25) is 0 Å². The van der Waals surface area contributed by atoms with Gasteiger partial charge in [0, 0.05) is 0 Å². The van der Waals surface area contributed by atoms with Gasteiger partial charge in [0.25, 0.3) is 0 Å². The van der Waals surface area contributed by atoms with Gasteiger partial charge in [0.2, 0.25) is 5.88 Å². The molecule has 20 heavy (non-hydrogen) atoms. The molecule has 0 unspecified atom stereocenters. The maximum Gasteiger partial charge on any atom is 0.230 e. The minimum absolute atomic E-state index is 0.355. The van der Waals surface area contributed by atoms with Crippen LogP contribution in [0.3, 0.4) is 0 Å². The Morgan fingerprint density at radius 3 is 2.65 bits per heavy atom. The summed E-state index contributed by atoms with van der Waals surface area (Å²) in [6.45, 7) is 0. The van der Waals surface area contributed by atoms with Gasteiger partial charge in [-0.15, -0.1) is 0 Å². The molecule has 0 amide bonds. The highest BCUT2D eigenvalue weighted by molar-refractivity contribution is 5.77. The van der Waals surface area contributed by atoms with E-state index in [-0.39, 0.29) is 0 Å². The van der Waals surface area contributed by atoms with E-state index in [0.29, 0.717) is 17.4 Å². The van der Waals surface area contributed by atoms with Gasteiger partial charge in [-0.1, -0.05) is 11.2 Å². The molecule has 0 aliphatic heterocycles. The number of ether oxygens (including phenoxy) is 2. The Hall–Kier alpha value is -2.17. The van der Waals surface area contributed by atoms with Crippen LogP contribution in [-0.2, 0) is 6.42 Å². The van der Waals surface area contributed by atoms with Crippen molar-refractivity contribution in [1.29, 1.82) is 0 Å². The molecule has 0 atom stereocenters. The summed E-state index contributed by atoms with van der Waals surface area (Å²) in [4.78, 5) is 0. The van der Waals surface area contributed by atoms with E-state index < -0.39 is 0 Å². The summed E-state index contributed by atoms with van der Waals surface area (Å²) >= 11 is 0. The molecule has 5 heteroatoms. The first kappa shape index (κ1) is 12.8. The van der Waals surface area contributed by atoms with Crippen LogP contribution in [0.1, 0.15) is 18.5 Å². The number of anilines is 1. The average molecular weight is 274 g/mol. The predicted octanol–water partition coefficient (Wildman–Crippen LogP) is 2.89. The van der Waals surface area contributed by atoms with E-state index in [1.165, 1.54) is 12.8 Å². The molecule has 0 saturated heterocycles. The first-order valence-electron chi connectivity index (χ1n) is 6.69. The maximum atomic E-state index is 5.93. The summed E-state index contributed by atoms with van der Waals surface area (Å²) in [5.74, 6) is 2.43. The fraction of sp³-hybridized carbons (Fsp3) is 0.400. The standard InChI is InChI=1S/C15H18N2O3/c1-18-12-6-5-10(8-13(12)19-2)14-11(7-9-3-4-9)17-20-15(14)16/h5-6,8-9H,3-4,7,16H2,1-2H3. The van der Waals surface area contributed by atoms with Crippen LogP contribution in [0.15, 0.2) is 22.7 Å². The van der Waals surface area contributed by atoms with Crippen LogP contribution in [0, 0.1) is 5.92 Å². The van der Waals surface area contributed by atoms with E-state index in [4.69, 9.17) is 19.7 Å². The van der Waals surface area contributed by atoms with E-state index in [2.05, 4.69) is 5.16 Å². The average Bonchev–Trinajstić information content (AvgIpc) is 3.21. The van der Waals surface area contributed by atoms with Crippen molar-refractivity contribution in [2.24, 2.45) is 5.92 Å². The summed E-state index contributed by atoms with van der Waals surface area (Å²) in [7, 11) is 3.23. The van der Waals surface area contributed by atoms with Crippen LogP contribution in [0.25, 0.3) is 11.1 Å². The number of nitrogen functional groups attached to an aromatic ring is 1. The normalized spacial score (nSPS) is 14.3. The molecule has 0 bridgehead atoms. The molecule has 1 fully saturated rings. The minimum Gasteiger partial charge on any atom is -0.493 e. The number of aromatic nitrogens is 1. The van der Waals surface area contributed by atoms with Gasteiger partial charge >= 0.3 is 0 Å². The van der Waals surface area contributed by atoms with Crippen molar-refractivity contribution >= 4 is 5.88 Å². The first-order chi connectivity index (χ1) is 9.72. The molecule has 1 saturated carbocycles. The lowest BCUT2D eigenvalue weighted by Gasteiger charge is -2.09. The number of methoxy groups -OCH3 is 2. The van der Waals surface area contributed by atoms with Gasteiger partial charge < -0.3 is 19.7 Å². The zero-order chi connectivity index (χ0) is 14.1. The number of nitrogens with two attached hydrogens (primary N) is 1. The van der Waals surface area contributed by atoms with Crippen LogP contribution in [-0.4, -0.2) is 19.4 Å². The molecule has 5 nitrogen and oxygen atoms in total. The predicted molar refractivity (Wildman–Crippen MR) is 75.9 cm³/mol. The Morgan fingerprint density at radius 1 is 1.25 bits per heavy atom. The summed E-state index contributed by atoms with van der Waals surface area (Å²) in [6.07, 6.45) is 3.45. The lowest BCUT2D eigenvalue weighted by Crippen LogP contribution is -1.95. The van der Waals surface area contributed by atoms with Crippen LogP contribution in [0.4, 0.5) is 5.88 Å². The maximum absolute atomic E-state index is 5.93. The van der Waals surface area contributed by atoms with Crippen LogP contribution >= 0.6 is 0 Å². The SMILES string of the molecule is COc1ccc(-c2c(CC3CC3)noc2N)cc1OC. The highest BCUT2D eigenvalue weighted by atomic mass is 16.5. The van der Waals surface area contributed by atoms with Crippen LogP contribution < -0.4 is 15.2 Å². The fourth-order valence-corrected chi connectivity index (χ4v) is 2.37. The molecule has 106 valence electrons. The summed E-state index contributed by atoms with van der Waals surface area (Å²) in [6, 6.07) is 5.71. The Morgan fingerprint density at radius 2 is 2.00 bits per heavy atom. The second kappa shape index (κ2) is 5.07. The number of nitrogens with zero attached hydrogens (tertiary/aromatic N) is 1. The quantitative estimate of drug-likeness (QED) is 0.907. The monoisotopic (exact) mass is 274 g/mol. The van der Waals surface area contributed by atoms with E-state index in [0.717, 1.165) is 29.2 Å². The molecule has 0 spiro atoms. The number of rotatable bonds is 5. The second-order valence-corrected chi connectivity index (χ2v) is 5.09. The fourth-order valence-electron chi connectivity index (χ4n) is 2.37. The van der Waals surface area contributed by atoms with Gasteiger partial charge in [-0.05, 0) is 42.9 Å². The number of hydrogen-bond acceptors (Lipinski definition) is 5. The summed E-state index contributed by atoms with van der Waals surface area (Å²) in [5, 5.41) is 4.10. The van der Waals surface area contributed by atoms with Gasteiger partial charge in [-0.2, -0.15) is 0 Å². The molecule has 1 aromatic heterocycles. The van der Waals surface area contributed by atoms with Crippen molar-refractivity contribution in [3.05, 3.63) is 23.9 Å². The zero-order valence-corrected chi connectivity index (χ0v) is 11.7. The molecule has 2 aromatic rings. The van der Waals surface area contributed by atoms with Gasteiger partial charge in [0.05, 0.1) is 25.5 Å². The topological polar surface area (TPSA) is 70.5 Å². The zero-order valence-electron chi connectivity index (χ0n) is 11.7. The van der Waals surface area contributed by atoms with Gasteiger partial charge in [-0.25, -0.2) is 0 Å². The Labute approximate surface area is 117 Å². The van der Waals surface area contributed by atoms with Gasteiger partial charge in [0.1, 0.15) is 0 Å². The van der Waals surface area contributed by atoms with E-state index >= 15 is 0 Å². The molecular weight excluding hydrogens is 256 g/mol. The van der Waals surface area contributed by atoms with Gasteiger partial charge in [0.15, 0.2) is 11.5 Å². The van der Waals surface area contributed by atoms with Crippen molar-refractivity contribution in [1.82, 2.24) is 5.16 Å². The third kappa shape index (κ3) is 2.31. The van der Waals surface area contributed by atoms with Crippen molar-refractivity contribution in [3.63, 3.8) is 0 Å². The Bertz CT molecular complexity index is 618. The molecule has 1 heterocycles. The van der Waals surface area contributed by atoms with Crippen LogP contribution in [0.5, 0.6) is 11.5 Å². The summed E-state index contributed by atoms with van der Waals surface area (Å²) < 4.78 is 15.7. The van der Waals surface area contributed by atoms with E-state index in [9.17, 15) is 0 Å². The van der Waals surface area contributed by atoms with Crippen molar-refractivity contribution in [3.8, 4) is 22.6 Å². The minimum atomic E-state index is 0.355. The third-order valence-corrected chi connectivity index (χ3v) is 3.64. The molecule has 0 radical (unpaired) electrons. The lowest BCUT2D eigenvalue weighted by molar-refractivity contribution is 0.355. The second-order valence-electron chi connectivity index (χ2n) is 5.09. The highest BCUT2D eigenvalue weighted by Crippen LogP contribution is 2.40. The number of hydrogen-bond donors (Lipinski definition) is 1. The lowest BCUT2D eigenvalue weighted by atomic mass is 10.0. The molecular formula is C15H18N2O3. The molecule has 1 aliphatic rings. The molecule has 2 N–H and O–H groups in total. The van der Waals surface area contributed by atoms with Crippen molar-refractivity contribution in [2.45, 2.75) is 19.3 Å². The Balaban J connectivity index is 2.01. The molecule has 1 aliphatic carbocycles. The van der Waals surface area contributed by atoms with E-state index in [1.54, 1.807) is 14.2 Å². The van der Waals surface area contributed by atoms with Gasteiger partial charge in [-0.3, -0.25) is 0 Å². The first-order valence-corrected chi connectivity index (χ1v) is 6.69. The Kier molecular flexibility index (Phi) is 3.26. The van der Waals surface area contributed by atoms with E-state index in [1.807, 2.05) is 18.2 Å². The molecule has 3 rings (SSSR count). The third-order valence-electron chi connectivity index (χ3n) is 3.64. The van der Waals surface area contributed by atoms with Crippen molar-refractivity contribution < 1.29 is 14.0 Å². The largest absolute Gasteiger partial charge is 0.493 e. The summed E-state index contributed by atoms with van der Waals surface area (Å²) in [5.41, 5.74) is 8.67. The molecule has 1 aromatic carbocycles. The number of benzene rings is 1. The smallest absolute Gasteiger partial charge is 0.230 e. The van der Waals surface area contributed by atoms with Crippen molar-refractivity contribution in [2.75, 3.05) is 20.0 Å².